The Hall–Kier alpha value is -2.89. The van der Waals surface area contributed by atoms with E-state index in [-0.39, 0.29) is 31.1 Å². The van der Waals surface area contributed by atoms with Crippen molar-refractivity contribution in [1.82, 2.24) is 0 Å². The van der Waals surface area contributed by atoms with Crippen molar-refractivity contribution in [3.63, 3.8) is 0 Å². The summed E-state index contributed by atoms with van der Waals surface area (Å²) in [7, 11) is 0. The molecule has 412 valence electrons. The van der Waals surface area contributed by atoms with E-state index in [4.69, 9.17) is 14.2 Å². The lowest BCUT2D eigenvalue weighted by Gasteiger charge is -2.18. The largest absolute Gasteiger partial charge is 0.462 e. The Morgan fingerprint density at radius 3 is 0.859 bits per heavy atom. The highest BCUT2D eigenvalue weighted by Gasteiger charge is 2.19. The van der Waals surface area contributed by atoms with Gasteiger partial charge in [-0.05, 0) is 64.2 Å². The second-order valence-electron chi connectivity index (χ2n) is 20.6. The smallest absolute Gasteiger partial charge is 0.306 e. The molecule has 0 aliphatic carbocycles. The first kappa shape index (κ1) is 68.1. The predicted molar refractivity (Wildman–Crippen MR) is 307 cm³/mol. The van der Waals surface area contributed by atoms with E-state index in [1.165, 1.54) is 180 Å². The third-order valence-electron chi connectivity index (χ3n) is 13.5. The Morgan fingerprint density at radius 2 is 0.549 bits per heavy atom. The first-order chi connectivity index (χ1) is 35.0. The van der Waals surface area contributed by atoms with Crippen molar-refractivity contribution in [2.75, 3.05) is 13.2 Å². The van der Waals surface area contributed by atoms with Crippen LogP contribution < -0.4 is 0 Å². The Morgan fingerprint density at radius 1 is 0.296 bits per heavy atom. The first-order valence-electron chi connectivity index (χ1n) is 30.8. The van der Waals surface area contributed by atoms with Crippen LogP contribution in [0, 0.1) is 0 Å². The normalized spacial score (nSPS) is 12.4. The molecule has 71 heavy (non-hydrogen) atoms. The van der Waals surface area contributed by atoms with Gasteiger partial charge < -0.3 is 14.2 Å². The third-order valence-corrected chi connectivity index (χ3v) is 13.5. The monoisotopic (exact) mass is 993 g/mol. The maximum atomic E-state index is 12.9. The summed E-state index contributed by atoms with van der Waals surface area (Å²) in [4.78, 5) is 38.2. The van der Waals surface area contributed by atoms with E-state index < -0.39 is 6.10 Å². The fraction of sp³-hybridized carbons (Fsp3) is 0.800. The SMILES string of the molecule is CC/C=C\C/C=C\C/C=C\C/C=C\C/C=C\CCCCCC(=O)OC[C@H](COC(=O)CCCCCCCCCCCCCCC)OC(=O)CCCCCCCCCCCCCCCCCCCCCCC. The molecule has 0 aliphatic heterocycles. The molecule has 0 bridgehead atoms. The van der Waals surface area contributed by atoms with Crippen molar-refractivity contribution in [2.45, 2.75) is 322 Å². The molecule has 0 unspecified atom stereocenters. The van der Waals surface area contributed by atoms with Crippen molar-refractivity contribution in [2.24, 2.45) is 0 Å². The summed E-state index contributed by atoms with van der Waals surface area (Å²) < 4.78 is 16.9. The van der Waals surface area contributed by atoms with Gasteiger partial charge in [0.1, 0.15) is 13.2 Å². The molecule has 0 rings (SSSR count). The van der Waals surface area contributed by atoms with Gasteiger partial charge in [0.15, 0.2) is 6.10 Å². The van der Waals surface area contributed by atoms with Gasteiger partial charge in [0.25, 0.3) is 0 Å². The van der Waals surface area contributed by atoms with E-state index in [9.17, 15) is 14.4 Å². The maximum absolute atomic E-state index is 12.9. The molecule has 0 aliphatic rings. The number of hydrogen-bond acceptors (Lipinski definition) is 6. The fourth-order valence-electron chi connectivity index (χ4n) is 8.94. The Balaban J connectivity index is 4.36. The maximum Gasteiger partial charge on any atom is 0.306 e. The Bertz CT molecular complexity index is 1280. The van der Waals surface area contributed by atoms with E-state index in [0.717, 1.165) is 96.3 Å². The number of ether oxygens (including phenoxy) is 3. The zero-order chi connectivity index (χ0) is 51.4. The summed E-state index contributed by atoms with van der Waals surface area (Å²) in [5, 5.41) is 0. The van der Waals surface area contributed by atoms with Crippen molar-refractivity contribution < 1.29 is 28.6 Å². The van der Waals surface area contributed by atoms with E-state index in [1.807, 2.05) is 0 Å². The van der Waals surface area contributed by atoms with Crippen molar-refractivity contribution in [3.8, 4) is 0 Å². The van der Waals surface area contributed by atoms with Gasteiger partial charge in [-0.2, -0.15) is 0 Å². The van der Waals surface area contributed by atoms with E-state index in [2.05, 4.69) is 81.5 Å². The van der Waals surface area contributed by atoms with Gasteiger partial charge in [-0.25, -0.2) is 0 Å². The second kappa shape index (κ2) is 59.7. The molecule has 0 aromatic carbocycles. The predicted octanol–water partition coefficient (Wildman–Crippen LogP) is 20.8. The molecule has 6 heteroatoms. The molecule has 0 aromatic heterocycles. The topological polar surface area (TPSA) is 78.9 Å². The molecule has 0 saturated heterocycles. The van der Waals surface area contributed by atoms with Crippen LogP contribution in [0.5, 0.6) is 0 Å². The van der Waals surface area contributed by atoms with Crippen LogP contribution in [0.4, 0.5) is 0 Å². The molecular weight excluding hydrogens is 877 g/mol. The average molecular weight is 994 g/mol. The number of esters is 3. The number of allylic oxidation sites excluding steroid dienone is 10. The fourth-order valence-corrected chi connectivity index (χ4v) is 8.94. The molecule has 6 nitrogen and oxygen atoms in total. The van der Waals surface area contributed by atoms with Gasteiger partial charge in [-0.1, -0.05) is 293 Å². The third kappa shape index (κ3) is 57.9. The van der Waals surface area contributed by atoms with E-state index in [0.29, 0.717) is 19.3 Å². The summed E-state index contributed by atoms with van der Waals surface area (Å²) in [6, 6.07) is 0. The standard InChI is InChI=1S/C65H116O6/c1-4-7-10-13-16-19-22-25-27-29-31-32-34-36-38-41-44-47-50-53-56-59-65(68)71-62(60-69-63(66)57-54-51-48-45-42-39-24-21-18-15-12-9-6-3)61-70-64(67)58-55-52-49-46-43-40-37-35-33-30-28-26-23-20-17-14-11-8-5-2/h8,11,17,20,26,28,33,35,40,43,62H,4-7,9-10,12-16,18-19,21-25,27,29-32,34,36-39,41-42,44-61H2,1-3H3/b11-8-,20-17-,28-26-,35-33-,43-40-/t62-/m0/s1. The molecule has 0 radical (unpaired) electrons. The quantitative estimate of drug-likeness (QED) is 0.0261. The van der Waals surface area contributed by atoms with Crippen LogP contribution in [0.25, 0.3) is 0 Å². The highest BCUT2D eigenvalue weighted by Crippen LogP contribution is 2.17. The summed E-state index contributed by atoms with van der Waals surface area (Å²) in [6.07, 6.45) is 75.1. The lowest BCUT2D eigenvalue weighted by atomic mass is 10.0. The van der Waals surface area contributed by atoms with Crippen LogP contribution >= 0.6 is 0 Å². The molecule has 0 saturated carbocycles. The van der Waals surface area contributed by atoms with Crippen molar-refractivity contribution >= 4 is 17.9 Å². The second-order valence-corrected chi connectivity index (χ2v) is 20.6. The molecule has 0 N–H and O–H groups in total. The minimum absolute atomic E-state index is 0.0805. The molecule has 1 atom stereocenters. The number of hydrogen-bond donors (Lipinski definition) is 0. The first-order valence-corrected chi connectivity index (χ1v) is 30.8. The van der Waals surface area contributed by atoms with E-state index >= 15 is 0 Å². The van der Waals surface area contributed by atoms with Crippen LogP contribution in [0.1, 0.15) is 316 Å². The van der Waals surface area contributed by atoms with Crippen LogP contribution in [0.3, 0.4) is 0 Å². The van der Waals surface area contributed by atoms with Gasteiger partial charge in [0, 0.05) is 19.3 Å². The zero-order valence-corrected chi connectivity index (χ0v) is 47.2. The highest BCUT2D eigenvalue weighted by atomic mass is 16.6. The van der Waals surface area contributed by atoms with Gasteiger partial charge in [0.05, 0.1) is 0 Å². The lowest BCUT2D eigenvalue weighted by molar-refractivity contribution is -0.167. The van der Waals surface area contributed by atoms with Gasteiger partial charge >= 0.3 is 17.9 Å². The summed E-state index contributed by atoms with van der Waals surface area (Å²) in [5.74, 6) is -0.896. The Kier molecular flexibility index (Phi) is 57.2. The van der Waals surface area contributed by atoms with Gasteiger partial charge in [0.2, 0.25) is 0 Å². The number of carbonyl (C=O) groups is 3. The lowest BCUT2D eigenvalue weighted by Crippen LogP contribution is -2.30. The average Bonchev–Trinajstić information content (AvgIpc) is 3.37. The molecule has 0 fully saturated rings. The van der Waals surface area contributed by atoms with Crippen LogP contribution in [0.15, 0.2) is 60.8 Å². The van der Waals surface area contributed by atoms with Crippen LogP contribution in [-0.2, 0) is 28.6 Å². The minimum Gasteiger partial charge on any atom is -0.462 e. The number of carbonyl (C=O) groups excluding carboxylic acids is 3. The number of unbranched alkanes of at least 4 members (excludes halogenated alkanes) is 35. The summed E-state index contributed by atoms with van der Waals surface area (Å²) in [6.45, 7) is 6.54. The van der Waals surface area contributed by atoms with Gasteiger partial charge in [-0.3, -0.25) is 14.4 Å². The molecule has 0 heterocycles. The molecule has 0 spiro atoms. The van der Waals surface area contributed by atoms with Crippen LogP contribution in [0.2, 0.25) is 0 Å². The molecule has 0 aromatic rings. The van der Waals surface area contributed by atoms with Gasteiger partial charge in [-0.15, -0.1) is 0 Å². The zero-order valence-electron chi connectivity index (χ0n) is 47.2. The van der Waals surface area contributed by atoms with E-state index in [1.54, 1.807) is 0 Å². The van der Waals surface area contributed by atoms with Crippen molar-refractivity contribution in [3.05, 3.63) is 60.8 Å². The molecule has 0 amide bonds. The van der Waals surface area contributed by atoms with Crippen LogP contribution in [-0.4, -0.2) is 37.2 Å². The number of rotatable bonds is 56. The Labute approximate surface area is 440 Å². The highest BCUT2D eigenvalue weighted by molar-refractivity contribution is 5.71. The van der Waals surface area contributed by atoms with Crippen molar-refractivity contribution in [1.29, 1.82) is 0 Å². The minimum atomic E-state index is -0.785. The summed E-state index contributed by atoms with van der Waals surface area (Å²) >= 11 is 0. The molecular formula is C65H116O6. The summed E-state index contributed by atoms with van der Waals surface area (Å²) in [5.41, 5.74) is 0.